The zero-order chi connectivity index (χ0) is 11.9. The van der Waals surface area contributed by atoms with E-state index in [4.69, 9.17) is 5.26 Å². The zero-order valence-electron chi connectivity index (χ0n) is 10.5. The van der Waals surface area contributed by atoms with Crippen LogP contribution in [0, 0.1) is 22.7 Å². The fourth-order valence-corrected chi connectivity index (χ4v) is 1.79. The molecule has 0 aromatic carbocycles. The first-order valence-corrected chi connectivity index (χ1v) is 5.42. The van der Waals surface area contributed by atoms with Gasteiger partial charge in [0.1, 0.15) is 5.82 Å². The van der Waals surface area contributed by atoms with Crippen molar-refractivity contribution in [3.63, 3.8) is 0 Å². The molecule has 0 radical (unpaired) electrons. The Bertz CT molecular complexity index is 246. The van der Waals surface area contributed by atoms with Crippen LogP contribution in [0.1, 0.15) is 34.1 Å². The Morgan fingerprint density at radius 1 is 1.47 bits per heavy atom. The molecule has 86 valence electrons. The molecule has 2 N–H and O–H groups in total. The highest BCUT2D eigenvalue weighted by Crippen LogP contribution is 2.24. The number of hydrogen-bond acceptors (Lipinski definition) is 3. The van der Waals surface area contributed by atoms with Gasteiger partial charge in [-0.15, -0.1) is 0 Å². The van der Waals surface area contributed by atoms with Crippen LogP contribution in [-0.2, 0) is 0 Å². The summed E-state index contributed by atoms with van der Waals surface area (Å²) in [4.78, 5) is 0. The van der Waals surface area contributed by atoms with Gasteiger partial charge in [0, 0.05) is 13.6 Å². The average molecular weight is 209 g/mol. The normalized spacial score (nSPS) is 12.5. The molecule has 0 heterocycles. The van der Waals surface area contributed by atoms with E-state index in [-0.39, 0.29) is 5.41 Å². The fourth-order valence-electron chi connectivity index (χ4n) is 1.79. The Morgan fingerprint density at radius 3 is 2.47 bits per heavy atom. The Morgan fingerprint density at radius 2 is 2.07 bits per heavy atom. The highest BCUT2D eigenvalue weighted by Gasteiger charge is 2.19. The van der Waals surface area contributed by atoms with Crippen LogP contribution in [0.5, 0.6) is 0 Å². The Labute approximate surface area is 93.6 Å². The highest BCUT2D eigenvalue weighted by molar-refractivity contribution is 5.10. The van der Waals surface area contributed by atoms with Crippen molar-refractivity contribution in [3.05, 3.63) is 11.9 Å². The van der Waals surface area contributed by atoms with Crippen LogP contribution in [0.2, 0.25) is 0 Å². The molecule has 0 unspecified atom stereocenters. The lowest BCUT2D eigenvalue weighted by atomic mass is 9.84. The SMILES string of the molecule is CN/C(=C\C#N)NCC(C)(C)CC(C)C. The van der Waals surface area contributed by atoms with Crippen LogP contribution < -0.4 is 10.6 Å². The summed E-state index contributed by atoms with van der Waals surface area (Å²) in [6.07, 6.45) is 2.66. The van der Waals surface area contributed by atoms with Gasteiger partial charge in [0.05, 0.1) is 12.1 Å². The van der Waals surface area contributed by atoms with E-state index in [1.54, 1.807) is 0 Å². The van der Waals surface area contributed by atoms with Crippen molar-refractivity contribution in [2.45, 2.75) is 34.1 Å². The third-order valence-corrected chi connectivity index (χ3v) is 2.20. The van der Waals surface area contributed by atoms with Gasteiger partial charge in [-0.25, -0.2) is 0 Å². The van der Waals surface area contributed by atoms with Gasteiger partial charge in [0.15, 0.2) is 0 Å². The first-order chi connectivity index (χ1) is 6.91. The van der Waals surface area contributed by atoms with E-state index in [1.807, 2.05) is 13.1 Å². The molecule has 0 bridgehead atoms. The van der Waals surface area contributed by atoms with Crippen molar-refractivity contribution < 1.29 is 0 Å². The summed E-state index contributed by atoms with van der Waals surface area (Å²) in [5, 5.41) is 14.7. The number of nitriles is 1. The molecule has 0 saturated heterocycles. The van der Waals surface area contributed by atoms with Gasteiger partial charge in [-0.2, -0.15) is 5.26 Å². The van der Waals surface area contributed by atoms with E-state index in [1.165, 1.54) is 12.5 Å². The van der Waals surface area contributed by atoms with Crippen LogP contribution >= 0.6 is 0 Å². The van der Waals surface area contributed by atoms with Gasteiger partial charge in [-0.3, -0.25) is 0 Å². The maximum atomic E-state index is 8.54. The van der Waals surface area contributed by atoms with Crippen LogP contribution in [0.3, 0.4) is 0 Å². The summed E-state index contributed by atoms with van der Waals surface area (Å²) >= 11 is 0. The molecular formula is C12H23N3. The molecular weight excluding hydrogens is 186 g/mol. The first kappa shape index (κ1) is 13.8. The van der Waals surface area contributed by atoms with Gasteiger partial charge in [0.25, 0.3) is 0 Å². The van der Waals surface area contributed by atoms with Crippen LogP contribution in [0.25, 0.3) is 0 Å². The standard InChI is InChI=1S/C12H23N3/c1-10(2)8-12(3,4)9-15-11(14-5)6-7-13/h6,10,14-15H,8-9H2,1-5H3/b11-6+. The minimum absolute atomic E-state index is 0.250. The molecule has 0 aliphatic heterocycles. The molecule has 0 amide bonds. The lowest BCUT2D eigenvalue weighted by molar-refractivity contribution is 0.279. The lowest BCUT2D eigenvalue weighted by Crippen LogP contribution is -2.33. The molecule has 0 aromatic heterocycles. The van der Waals surface area contributed by atoms with E-state index >= 15 is 0 Å². The van der Waals surface area contributed by atoms with Gasteiger partial charge < -0.3 is 10.6 Å². The van der Waals surface area contributed by atoms with Crippen molar-refractivity contribution in [1.29, 1.82) is 5.26 Å². The number of hydrogen-bond donors (Lipinski definition) is 2. The fraction of sp³-hybridized carbons (Fsp3) is 0.750. The minimum Gasteiger partial charge on any atom is -0.374 e. The first-order valence-electron chi connectivity index (χ1n) is 5.42. The summed E-state index contributed by atoms with van der Waals surface area (Å²) in [6.45, 7) is 9.80. The maximum Gasteiger partial charge on any atom is 0.109 e. The topological polar surface area (TPSA) is 47.9 Å². The smallest absolute Gasteiger partial charge is 0.109 e. The predicted octanol–water partition coefficient (Wildman–Crippen LogP) is 2.23. The van der Waals surface area contributed by atoms with Gasteiger partial charge in [0.2, 0.25) is 0 Å². The number of nitrogens with one attached hydrogen (secondary N) is 2. The predicted molar refractivity (Wildman–Crippen MR) is 64.0 cm³/mol. The van der Waals surface area contributed by atoms with Crippen molar-refractivity contribution in [2.24, 2.45) is 11.3 Å². The Kier molecular flexibility index (Phi) is 5.84. The van der Waals surface area contributed by atoms with Crippen molar-refractivity contribution in [1.82, 2.24) is 10.6 Å². The van der Waals surface area contributed by atoms with Gasteiger partial charge >= 0.3 is 0 Å². The van der Waals surface area contributed by atoms with Gasteiger partial charge in [-0.05, 0) is 17.8 Å². The number of nitrogens with zero attached hydrogens (tertiary/aromatic N) is 1. The largest absolute Gasteiger partial charge is 0.374 e. The molecule has 3 heteroatoms. The van der Waals surface area contributed by atoms with Gasteiger partial charge in [-0.1, -0.05) is 27.7 Å². The summed E-state index contributed by atoms with van der Waals surface area (Å²) in [6, 6.07) is 2.01. The molecule has 0 rings (SSSR count). The quantitative estimate of drug-likeness (QED) is 0.659. The van der Waals surface area contributed by atoms with Crippen molar-refractivity contribution in [2.75, 3.05) is 13.6 Å². The molecule has 0 spiro atoms. The molecule has 3 nitrogen and oxygen atoms in total. The van der Waals surface area contributed by atoms with E-state index in [2.05, 4.69) is 38.3 Å². The number of allylic oxidation sites excluding steroid dienone is 1. The maximum absolute atomic E-state index is 8.54. The van der Waals surface area contributed by atoms with Crippen LogP contribution in [-0.4, -0.2) is 13.6 Å². The van der Waals surface area contributed by atoms with Crippen LogP contribution in [0.15, 0.2) is 11.9 Å². The van der Waals surface area contributed by atoms with E-state index in [0.29, 0.717) is 5.92 Å². The summed E-state index contributed by atoms with van der Waals surface area (Å²) in [5.41, 5.74) is 0.250. The lowest BCUT2D eigenvalue weighted by Gasteiger charge is -2.27. The molecule has 0 fully saturated rings. The third-order valence-electron chi connectivity index (χ3n) is 2.20. The van der Waals surface area contributed by atoms with E-state index < -0.39 is 0 Å². The second kappa shape index (κ2) is 6.34. The zero-order valence-corrected chi connectivity index (χ0v) is 10.5. The van der Waals surface area contributed by atoms with E-state index in [9.17, 15) is 0 Å². The molecule has 0 saturated carbocycles. The molecule has 0 atom stereocenters. The molecule has 0 aromatic rings. The minimum atomic E-state index is 0.250. The van der Waals surface area contributed by atoms with Crippen molar-refractivity contribution >= 4 is 0 Å². The third kappa shape index (κ3) is 6.84. The summed E-state index contributed by atoms with van der Waals surface area (Å²) in [7, 11) is 1.81. The highest BCUT2D eigenvalue weighted by atomic mass is 15.1. The monoisotopic (exact) mass is 209 g/mol. The Hall–Kier alpha value is -1.17. The second-order valence-electron chi connectivity index (χ2n) is 5.05. The van der Waals surface area contributed by atoms with Crippen molar-refractivity contribution in [3.8, 4) is 6.07 Å². The molecule has 15 heavy (non-hydrogen) atoms. The summed E-state index contributed by atoms with van der Waals surface area (Å²) < 4.78 is 0. The molecule has 0 aliphatic carbocycles. The second-order valence-corrected chi connectivity index (χ2v) is 5.05. The Balaban J connectivity index is 4.13. The summed E-state index contributed by atoms with van der Waals surface area (Å²) in [5.74, 6) is 1.48. The van der Waals surface area contributed by atoms with Crippen LogP contribution in [0.4, 0.5) is 0 Å². The van der Waals surface area contributed by atoms with E-state index in [0.717, 1.165) is 12.4 Å². The molecule has 0 aliphatic rings. The number of rotatable bonds is 6. The average Bonchev–Trinajstić information content (AvgIpc) is 2.10.